The number of nitrogens with one attached hydrogen (secondary N) is 3. The number of aliphatic hydroxyl groups is 1. The zero-order valence-electron chi connectivity index (χ0n) is 25.6. The number of aliphatic hydroxyl groups excluding tert-OH is 1. The highest BCUT2D eigenvalue weighted by atomic mass is 19.1. The van der Waals surface area contributed by atoms with Crippen LogP contribution in [0.5, 0.6) is 0 Å². The van der Waals surface area contributed by atoms with Crippen LogP contribution in [0.25, 0.3) is 10.9 Å². The highest BCUT2D eigenvalue weighted by molar-refractivity contribution is 6.00. The van der Waals surface area contributed by atoms with Gasteiger partial charge in [0, 0.05) is 53.4 Å². The van der Waals surface area contributed by atoms with Crippen molar-refractivity contribution in [1.29, 1.82) is 0 Å². The maximum Gasteiger partial charge on any atom is 0.265 e. The minimum atomic E-state index is -1.20. The van der Waals surface area contributed by atoms with Crippen molar-refractivity contribution in [3.05, 3.63) is 100 Å². The van der Waals surface area contributed by atoms with E-state index in [2.05, 4.69) is 15.6 Å². The number of aromatic nitrogens is 1. The van der Waals surface area contributed by atoms with E-state index >= 15 is 0 Å². The van der Waals surface area contributed by atoms with Gasteiger partial charge in [0.05, 0.1) is 12.1 Å². The van der Waals surface area contributed by atoms with E-state index in [1.807, 2.05) is 13.8 Å². The molecule has 11 heteroatoms. The van der Waals surface area contributed by atoms with Gasteiger partial charge in [0.2, 0.25) is 0 Å². The number of carbonyl (C=O) groups is 3. The zero-order valence-corrected chi connectivity index (χ0v) is 25.6. The number of nitrogens with zero attached hydrogens (tertiary/aromatic N) is 1. The Bertz CT molecular complexity index is 1660. The van der Waals surface area contributed by atoms with Crippen LogP contribution in [0.15, 0.2) is 60.7 Å². The number of hydrogen-bond acceptors (Lipinski definition) is 5. The van der Waals surface area contributed by atoms with E-state index < -0.39 is 35.6 Å². The Kier molecular flexibility index (Phi) is 10.9. The number of carbonyl (C=O) groups excluding carboxylic acids is 3. The average molecular weight is 620 g/mol. The van der Waals surface area contributed by atoms with Gasteiger partial charge in [-0.1, -0.05) is 19.9 Å². The quantitative estimate of drug-likeness (QED) is 0.136. The van der Waals surface area contributed by atoms with Crippen molar-refractivity contribution in [2.75, 3.05) is 25.0 Å². The number of rotatable bonds is 14. The molecule has 2 atom stereocenters. The summed E-state index contributed by atoms with van der Waals surface area (Å²) in [5.74, 6) is -2.86. The molecule has 4 aromatic rings. The molecule has 4 rings (SSSR count). The Morgan fingerprint density at radius 1 is 0.933 bits per heavy atom. The minimum absolute atomic E-state index is 0.0296. The first-order valence-electron chi connectivity index (χ1n) is 15.0. The van der Waals surface area contributed by atoms with Crippen molar-refractivity contribution in [1.82, 2.24) is 15.2 Å². The number of nitrogens with two attached hydrogens (primary N) is 1. The Balaban J connectivity index is 1.56. The number of halogens is 2. The Morgan fingerprint density at radius 3 is 2.24 bits per heavy atom. The van der Waals surface area contributed by atoms with Crippen LogP contribution in [0.1, 0.15) is 69.0 Å². The average Bonchev–Trinajstić information content (AvgIpc) is 3.42. The Hall–Kier alpha value is -4.77. The molecule has 0 aliphatic heterocycles. The fourth-order valence-electron chi connectivity index (χ4n) is 5.33. The third kappa shape index (κ3) is 8.66. The summed E-state index contributed by atoms with van der Waals surface area (Å²) in [6.45, 7) is 6.93. The number of hydrogen-bond donors (Lipinski definition) is 5. The van der Waals surface area contributed by atoms with Gasteiger partial charge in [-0.3, -0.25) is 14.4 Å². The van der Waals surface area contributed by atoms with Gasteiger partial charge in [0.1, 0.15) is 17.3 Å². The molecule has 1 heterocycles. The van der Waals surface area contributed by atoms with E-state index in [0.717, 1.165) is 36.4 Å². The number of aromatic amines is 1. The molecule has 6 N–H and O–H groups in total. The van der Waals surface area contributed by atoms with E-state index in [9.17, 15) is 28.3 Å². The molecule has 0 bridgehead atoms. The van der Waals surface area contributed by atoms with Gasteiger partial charge in [-0.05, 0) is 85.8 Å². The normalized spacial score (nSPS) is 12.5. The summed E-state index contributed by atoms with van der Waals surface area (Å²) in [7, 11) is 0. The third-order valence-corrected chi connectivity index (χ3v) is 7.42. The number of H-pyrrole nitrogens is 1. The van der Waals surface area contributed by atoms with Gasteiger partial charge in [0.15, 0.2) is 0 Å². The minimum Gasteiger partial charge on any atom is -0.389 e. The molecule has 1 aromatic heterocycles. The lowest BCUT2D eigenvalue weighted by Gasteiger charge is -2.26. The number of primary amides is 1. The van der Waals surface area contributed by atoms with Gasteiger partial charge in [-0.25, -0.2) is 8.78 Å². The number of aryl methyl sites for hydroxylation is 1. The van der Waals surface area contributed by atoms with Crippen LogP contribution in [-0.4, -0.2) is 64.5 Å². The maximum atomic E-state index is 14.0. The summed E-state index contributed by atoms with van der Waals surface area (Å²) in [6.07, 6.45) is 0.328. The topological polar surface area (TPSA) is 141 Å². The highest BCUT2D eigenvalue weighted by Crippen LogP contribution is 2.21. The van der Waals surface area contributed by atoms with Gasteiger partial charge < -0.3 is 31.4 Å². The smallest absolute Gasteiger partial charge is 0.265 e. The molecule has 0 aliphatic carbocycles. The number of amides is 3. The summed E-state index contributed by atoms with van der Waals surface area (Å²) in [6, 6.07) is 13.9. The first-order valence-corrected chi connectivity index (χ1v) is 15.0. The van der Waals surface area contributed by atoms with Crippen molar-refractivity contribution in [2.24, 2.45) is 5.73 Å². The second-order valence-electron chi connectivity index (χ2n) is 11.2. The van der Waals surface area contributed by atoms with Crippen molar-refractivity contribution < 1.29 is 28.3 Å². The largest absolute Gasteiger partial charge is 0.389 e. The summed E-state index contributed by atoms with van der Waals surface area (Å²) in [4.78, 5) is 43.0. The molecule has 45 heavy (non-hydrogen) atoms. The van der Waals surface area contributed by atoms with Crippen molar-refractivity contribution in [2.45, 2.75) is 52.2 Å². The molecule has 238 valence electrons. The van der Waals surface area contributed by atoms with Gasteiger partial charge in [-0.15, -0.1) is 0 Å². The van der Waals surface area contributed by atoms with Gasteiger partial charge >= 0.3 is 0 Å². The Morgan fingerprint density at radius 2 is 1.60 bits per heavy atom. The van der Waals surface area contributed by atoms with Crippen LogP contribution in [0, 0.1) is 18.6 Å². The van der Waals surface area contributed by atoms with Crippen LogP contribution in [0.3, 0.4) is 0 Å². The SMILES string of the molecule is CCCN(CCC)C(=O)c1cc(C)cc(C(=O)N[C@@H](Cc2cc(F)cc(F)c2)[C@H](O)CNc2ccc3cc(C(N)=O)[nH]c3c2)c1. The summed E-state index contributed by atoms with van der Waals surface area (Å²) < 4.78 is 28.1. The van der Waals surface area contributed by atoms with Gasteiger partial charge in [-0.2, -0.15) is 0 Å². The van der Waals surface area contributed by atoms with Crippen molar-refractivity contribution in [3.63, 3.8) is 0 Å². The first-order chi connectivity index (χ1) is 21.5. The molecule has 9 nitrogen and oxygen atoms in total. The third-order valence-electron chi connectivity index (χ3n) is 7.42. The predicted octanol–water partition coefficient (Wildman–Crippen LogP) is 4.93. The van der Waals surface area contributed by atoms with Crippen LogP contribution in [-0.2, 0) is 6.42 Å². The van der Waals surface area contributed by atoms with E-state index in [1.165, 1.54) is 6.07 Å². The highest BCUT2D eigenvalue weighted by Gasteiger charge is 2.25. The lowest BCUT2D eigenvalue weighted by Crippen LogP contribution is -2.47. The molecule has 0 unspecified atom stereocenters. The second-order valence-corrected chi connectivity index (χ2v) is 11.2. The maximum absolute atomic E-state index is 14.0. The fourth-order valence-corrected chi connectivity index (χ4v) is 5.33. The van der Waals surface area contributed by atoms with E-state index in [1.54, 1.807) is 48.2 Å². The van der Waals surface area contributed by atoms with E-state index in [-0.39, 0.29) is 35.7 Å². The summed E-state index contributed by atoms with van der Waals surface area (Å²) in [5.41, 5.74) is 8.46. The van der Waals surface area contributed by atoms with Crippen molar-refractivity contribution >= 4 is 34.3 Å². The Labute approximate surface area is 260 Å². The van der Waals surface area contributed by atoms with Crippen LogP contribution >= 0.6 is 0 Å². The standard InChI is InChI=1S/C34H39F2N5O4/c1-4-8-41(9-5-2)34(45)24-11-20(3)10-23(15-24)33(44)40-29(14-21-12-25(35)17-26(36)13-21)31(42)19-38-27-7-6-22-16-30(32(37)43)39-28(22)18-27/h6-7,10-13,15-18,29,31,38-39,42H,4-5,8-9,14,19H2,1-3H3,(H2,37,43)(H,40,44)/t29-,31+/m0/s1. The molecule has 0 fully saturated rings. The molecule has 3 aromatic carbocycles. The number of benzene rings is 3. The molecule has 0 saturated heterocycles. The van der Waals surface area contributed by atoms with Crippen LogP contribution in [0.2, 0.25) is 0 Å². The molecular formula is C34H39F2N5O4. The fraction of sp³-hybridized carbons (Fsp3) is 0.324. The zero-order chi connectivity index (χ0) is 32.7. The lowest BCUT2D eigenvalue weighted by molar-refractivity contribution is 0.0755. The second kappa shape index (κ2) is 14.8. The number of anilines is 1. The van der Waals surface area contributed by atoms with E-state index in [4.69, 9.17) is 5.73 Å². The molecular weight excluding hydrogens is 580 g/mol. The molecule has 0 radical (unpaired) electrons. The molecule has 0 spiro atoms. The first kappa shape index (κ1) is 33.1. The lowest BCUT2D eigenvalue weighted by atomic mass is 9.99. The predicted molar refractivity (Wildman–Crippen MR) is 170 cm³/mol. The van der Waals surface area contributed by atoms with Gasteiger partial charge in [0.25, 0.3) is 17.7 Å². The molecule has 0 aliphatic rings. The molecule has 3 amide bonds. The van der Waals surface area contributed by atoms with Crippen LogP contribution in [0.4, 0.5) is 14.5 Å². The van der Waals surface area contributed by atoms with Crippen LogP contribution < -0.4 is 16.4 Å². The summed E-state index contributed by atoms with van der Waals surface area (Å²) in [5, 5.41) is 18.0. The monoisotopic (exact) mass is 619 g/mol. The van der Waals surface area contributed by atoms with Crippen molar-refractivity contribution in [3.8, 4) is 0 Å². The van der Waals surface area contributed by atoms with E-state index in [0.29, 0.717) is 35.4 Å². The summed E-state index contributed by atoms with van der Waals surface area (Å²) >= 11 is 0. The number of fused-ring (bicyclic) bond motifs is 1. The molecule has 0 saturated carbocycles.